The molecule has 0 bridgehead atoms. The minimum atomic E-state index is -0.279. The summed E-state index contributed by atoms with van der Waals surface area (Å²) in [6.45, 7) is 1.04. The van der Waals surface area contributed by atoms with Crippen molar-refractivity contribution in [1.82, 2.24) is 15.2 Å². The van der Waals surface area contributed by atoms with E-state index in [1.54, 1.807) is 6.07 Å². The van der Waals surface area contributed by atoms with Crippen molar-refractivity contribution in [3.05, 3.63) is 29.8 Å². The molecule has 1 N–H and O–H groups in total. The van der Waals surface area contributed by atoms with Crippen molar-refractivity contribution in [3.63, 3.8) is 0 Å². The second-order valence-electron chi connectivity index (χ2n) is 5.03. The van der Waals surface area contributed by atoms with Crippen LogP contribution >= 0.6 is 11.8 Å². The lowest BCUT2D eigenvalue weighted by molar-refractivity contribution is 0.248. The summed E-state index contributed by atoms with van der Waals surface area (Å²) in [6.07, 6.45) is 3.57. The Balaban J connectivity index is 1.86. The molecule has 2 unspecified atom stereocenters. The first kappa shape index (κ1) is 14.8. The predicted octanol–water partition coefficient (Wildman–Crippen LogP) is 2.31. The number of halogens is 1. The molecule has 2 heterocycles. The van der Waals surface area contributed by atoms with Crippen molar-refractivity contribution in [2.24, 2.45) is 0 Å². The maximum absolute atomic E-state index is 12.9. The second kappa shape index (κ2) is 7.22. The molecule has 0 saturated carbocycles. The van der Waals surface area contributed by atoms with Crippen LogP contribution in [0.4, 0.5) is 4.39 Å². The zero-order valence-corrected chi connectivity index (χ0v) is 12.4. The smallest absolute Gasteiger partial charge is 0.141 e. The summed E-state index contributed by atoms with van der Waals surface area (Å²) in [5, 5.41) is 3.27. The summed E-state index contributed by atoms with van der Waals surface area (Å²) in [4.78, 5) is 6.60. The van der Waals surface area contributed by atoms with Gasteiger partial charge in [-0.25, -0.2) is 4.39 Å². The lowest BCUT2D eigenvalue weighted by Crippen LogP contribution is -2.34. The van der Waals surface area contributed by atoms with Crippen LogP contribution in [0.25, 0.3) is 0 Å². The quantitative estimate of drug-likeness (QED) is 0.867. The Labute approximate surface area is 119 Å². The monoisotopic (exact) mass is 283 g/mol. The molecule has 1 aliphatic heterocycles. The van der Waals surface area contributed by atoms with Crippen LogP contribution in [0, 0.1) is 5.82 Å². The van der Waals surface area contributed by atoms with Gasteiger partial charge >= 0.3 is 0 Å². The van der Waals surface area contributed by atoms with Crippen LogP contribution in [0.3, 0.4) is 0 Å². The maximum atomic E-state index is 12.9. The molecule has 2 rings (SSSR count). The van der Waals surface area contributed by atoms with Gasteiger partial charge in [0.25, 0.3) is 0 Å². The Morgan fingerprint density at radius 2 is 2.42 bits per heavy atom. The zero-order chi connectivity index (χ0) is 13.7. The average Bonchev–Trinajstić information content (AvgIpc) is 2.95. The normalized spacial score (nSPS) is 20.9. The van der Waals surface area contributed by atoms with Gasteiger partial charge < -0.3 is 10.2 Å². The molecule has 106 valence electrons. The van der Waals surface area contributed by atoms with E-state index < -0.39 is 0 Å². The number of hydrogen-bond acceptors (Lipinski definition) is 4. The topological polar surface area (TPSA) is 28.2 Å². The van der Waals surface area contributed by atoms with Gasteiger partial charge in [-0.2, -0.15) is 11.8 Å². The van der Waals surface area contributed by atoms with Crippen LogP contribution < -0.4 is 5.32 Å². The summed E-state index contributed by atoms with van der Waals surface area (Å²) in [5.41, 5.74) is 0.915. The molecular weight excluding hydrogens is 261 g/mol. The third-order valence-corrected chi connectivity index (χ3v) is 4.90. The first-order valence-electron chi connectivity index (χ1n) is 6.77. The first-order chi connectivity index (χ1) is 9.20. The number of nitrogens with zero attached hydrogens (tertiary/aromatic N) is 2. The fraction of sp³-hybridized carbons (Fsp3) is 0.643. The fourth-order valence-corrected chi connectivity index (χ4v) is 3.72. The fourth-order valence-electron chi connectivity index (χ4n) is 2.42. The minimum absolute atomic E-state index is 0.192. The van der Waals surface area contributed by atoms with E-state index in [0.717, 1.165) is 18.7 Å². The summed E-state index contributed by atoms with van der Waals surface area (Å²) in [5.74, 6) is 2.25. The Morgan fingerprint density at radius 1 is 1.58 bits per heavy atom. The Morgan fingerprint density at radius 3 is 3.00 bits per heavy atom. The lowest BCUT2D eigenvalue weighted by Gasteiger charge is -2.25. The third kappa shape index (κ3) is 4.16. The summed E-state index contributed by atoms with van der Waals surface area (Å²) in [6, 6.07) is 4.15. The summed E-state index contributed by atoms with van der Waals surface area (Å²) in [7, 11) is 4.13. The van der Waals surface area contributed by atoms with E-state index in [-0.39, 0.29) is 11.9 Å². The summed E-state index contributed by atoms with van der Waals surface area (Å²) < 4.78 is 12.9. The van der Waals surface area contributed by atoms with Crippen LogP contribution in [0.2, 0.25) is 0 Å². The molecule has 1 aromatic heterocycles. The van der Waals surface area contributed by atoms with Crippen LogP contribution in [0.5, 0.6) is 0 Å². The largest absolute Gasteiger partial charge is 0.312 e. The standard InChI is InChI=1S/C14H22FN3S/c1-16-13(14-4-3-11(15)9-17-14)5-7-18(2)12-6-8-19-10-12/h3-4,9,12-13,16H,5-8,10H2,1-2H3. The Bertz CT molecular complexity index is 379. The van der Waals surface area contributed by atoms with Gasteiger partial charge in [-0.1, -0.05) is 0 Å². The van der Waals surface area contributed by atoms with Crippen LogP contribution in [-0.2, 0) is 0 Å². The van der Waals surface area contributed by atoms with Gasteiger partial charge in [0, 0.05) is 18.3 Å². The molecule has 0 aromatic carbocycles. The van der Waals surface area contributed by atoms with Gasteiger partial charge in [-0.15, -0.1) is 0 Å². The van der Waals surface area contributed by atoms with Gasteiger partial charge in [-0.3, -0.25) is 4.98 Å². The molecule has 0 radical (unpaired) electrons. The second-order valence-corrected chi connectivity index (χ2v) is 6.18. The van der Waals surface area contributed by atoms with E-state index in [2.05, 4.69) is 22.2 Å². The Hall–Kier alpha value is -0.650. The van der Waals surface area contributed by atoms with Crippen molar-refractivity contribution in [2.45, 2.75) is 24.9 Å². The predicted molar refractivity (Wildman–Crippen MR) is 79.0 cm³/mol. The van der Waals surface area contributed by atoms with Gasteiger partial charge in [0.1, 0.15) is 5.82 Å². The molecule has 2 atom stereocenters. The van der Waals surface area contributed by atoms with Gasteiger partial charge in [0.05, 0.1) is 17.9 Å². The number of aromatic nitrogens is 1. The van der Waals surface area contributed by atoms with Gasteiger partial charge in [0.2, 0.25) is 0 Å². The minimum Gasteiger partial charge on any atom is -0.312 e. The number of thioether (sulfide) groups is 1. The van der Waals surface area contributed by atoms with E-state index in [1.807, 2.05) is 18.8 Å². The number of rotatable bonds is 6. The van der Waals surface area contributed by atoms with Crippen molar-refractivity contribution in [1.29, 1.82) is 0 Å². The molecule has 1 aliphatic rings. The van der Waals surface area contributed by atoms with Crippen molar-refractivity contribution >= 4 is 11.8 Å². The first-order valence-corrected chi connectivity index (χ1v) is 7.93. The van der Waals surface area contributed by atoms with Crippen LogP contribution in [-0.4, -0.2) is 48.1 Å². The molecule has 1 saturated heterocycles. The lowest BCUT2D eigenvalue weighted by atomic mass is 10.1. The highest BCUT2D eigenvalue weighted by molar-refractivity contribution is 7.99. The third-order valence-electron chi connectivity index (χ3n) is 3.76. The molecule has 0 amide bonds. The highest BCUT2D eigenvalue weighted by atomic mass is 32.2. The highest BCUT2D eigenvalue weighted by Gasteiger charge is 2.21. The molecular formula is C14H22FN3S. The van der Waals surface area contributed by atoms with Crippen molar-refractivity contribution in [2.75, 3.05) is 32.1 Å². The summed E-state index contributed by atoms with van der Waals surface area (Å²) >= 11 is 2.04. The number of nitrogens with one attached hydrogen (secondary N) is 1. The van der Waals surface area contributed by atoms with Gasteiger partial charge in [0.15, 0.2) is 0 Å². The molecule has 0 spiro atoms. The maximum Gasteiger partial charge on any atom is 0.141 e. The zero-order valence-electron chi connectivity index (χ0n) is 11.6. The molecule has 1 fully saturated rings. The average molecular weight is 283 g/mol. The van der Waals surface area contributed by atoms with Crippen LogP contribution in [0.1, 0.15) is 24.6 Å². The SMILES string of the molecule is CNC(CCN(C)C1CCSC1)c1ccc(F)cn1. The molecule has 0 aliphatic carbocycles. The highest BCUT2D eigenvalue weighted by Crippen LogP contribution is 2.22. The number of hydrogen-bond donors (Lipinski definition) is 1. The van der Waals surface area contributed by atoms with E-state index in [1.165, 1.54) is 30.2 Å². The van der Waals surface area contributed by atoms with Crippen molar-refractivity contribution in [3.8, 4) is 0 Å². The van der Waals surface area contributed by atoms with Crippen LogP contribution in [0.15, 0.2) is 18.3 Å². The number of pyridine rings is 1. The molecule has 19 heavy (non-hydrogen) atoms. The van der Waals surface area contributed by atoms with E-state index in [4.69, 9.17) is 0 Å². The van der Waals surface area contributed by atoms with Gasteiger partial charge in [-0.05, 0) is 44.8 Å². The molecule has 5 heteroatoms. The molecule has 1 aromatic rings. The molecule has 3 nitrogen and oxygen atoms in total. The van der Waals surface area contributed by atoms with E-state index >= 15 is 0 Å². The Kier molecular flexibility index (Phi) is 5.60. The van der Waals surface area contributed by atoms with E-state index in [0.29, 0.717) is 6.04 Å². The van der Waals surface area contributed by atoms with E-state index in [9.17, 15) is 4.39 Å². The van der Waals surface area contributed by atoms with Crippen molar-refractivity contribution < 1.29 is 4.39 Å².